The van der Waals surface area contributed by atoms with Gasteiger partial charge < -0.3 is 5.32 Å². The van der Waals surface area contributed by atoms with Gasteiger partial charge in [-0.15, -0.1) is 0 Å². The van der Waals surface area contributed by atoms with E-state index in [0.717, 1.165) is 24.8 Å². The van der Waals surface area contributed by atoms with E-state index in [1.807, 2.05) is 24.3 Å². The Bertz CT molecular complexity index is 589. The number of carbonyl (C=O) groups excluding carboxylic acids is 1. The smallest absolute Gasteiger partial charge is 0.235 e. The van der Waals surface area contributed by atoms with Crippen LogP contribution < -0.4 is 5.32 Å². The second-order valence-electron chi connectivity index (χ2n) is 5.61. The van der Waals surface area contributed by atoms with Crippen molar-refractivity contribution in [3.8, 4) is 0 Å². The molecule has 0 aliphatic heterocycles. The lowest BCUT2D eigenvalue weighted by atomic mass is 10.1. The van der Waals surface area contributed by atoms with Gasteiger partial charge in [-0.25, -0.2) is 8.42 Å². The number of rotatable bonds is 6. The minimum atomic E-state index is -3.29. The first-order valence-electron chi connectivity index (χ1n) is 7.58. The van der Waals surface area contributed by atoms with E-state index in [0.29, 0.717) is 19.4 Å². The average Bonchev–Trinajstić information content (AvgIpc) is 3.00. The standard InChI is InChI=1S/C16H23NO3S/c1-2-13-7-3-4-8-14(13)11-17-16(18)12-21(19,20)15-9-5-6-10-15/h3-4,7-8,15H,2,5-6,9-12H2,1H3,(H,17,18). The summed E-state index contributed by atoms with van der Waals surface area (Å²) < 4.78 is 24.2. The SMILES string of the molecule is CCc1ccccc1CNC(=O)CS(=O)(=O)C1CCCC1. The predicted molar refractivity (Wildman–Crippen MR) is 83.7 cm³/mol. The lowest BCUT2D eigenvalue weighted by Crippen LogP contribution is -2.34. The molecule has 0 unspecified atom stereocenters. The van der Waals surface area contributed by atoms with Crippen molar-refractivity contribution >= 4 is 15.7 Å². The minimum Gasteiger partial charge on any atom is -0.351 e. The Labute approximate surface area is 126 Å². The third-order valence-corrected chi connectivity index (χ3v) is 6.27. The van der Waals surface area contributed by atoms with E-state index in [1.54, 1.807) is 0 Å². The van der Waals surface area contributed by atoms with Crippen molar-refractivity contribution in [2.24, 2.45) is 0 Å². The summed E-state index contributed by atoms with van der Waals surface area (Å²) in [6.45, 7) is 2.45. The molecule has 116 valence electrons. The zero-order valence-electron chi connectivity index (χ0n) is 12.5. The van der Waals surface area contributed by atoms with Crippen LogP contribution in [-0.2, 0) is 27.6 Å². The van der Waals surface area contributed by atoms with Gasteiger partial charge >= 0.3 is 0 Å². The Kier molecular flexibility index (Phi) is 5.39. The van der Waals surface area contributed by atoms with E-state index in [9.17, 15) is 13.2 Å². The molecule has 1 amide bonds. The van der Waals surface area contributed by atoms with Crippen LogP contribution in [0.1, 0.15) is 43.7 Å². The van der Waals surface area contributed by atoms with E-state index in [2.05, 4.69) is 12.2 Å². The molecule has 0 bridgehead atoms. The van der Waals surface area contributed by atoms with E-state index in [-0.39, 0.29) is 11.0 Å². The Morgan fingerprint density at radius 1 is 1.19 bits per heavy atom. The summed E-state index contributed by atoms with van der Waals surface area (Å²) in [5.41, 5.74) is 2.23. The molecule has 0 aromatic heterocycles. The van der Waals surface area contributed by atoms with Crippen molar-refractivity contribution in [3.05, 3.63) is 35.4 Å². The number of amides is 1. The van der Waals surface area contributed by atoms with Gasteiger partial charge in [0.2, 0.25) is 5.91 Å². The summed E-state index contributed by atoms with van der Waals surface area (Å²) >= 11 is 0. The largest absolute Gasteiger partial charge is 0.351 e. The summed E-state index contributed by atoms with van der Waals surface area (Å²) in [5, 5.41) is 2.42. The van der Waals surface area contributed by atoms with Gasteiger partial charge in [0, 0.05) is 6.54 Å². The van der Waals surface area contributed by atoms with Crippen molar-refractivity contribution < 1.29 is 13.2 Å². The van der Waals surface area contributed by atoms with Gasteiger partial charge in [0.25, 0.3) is 0 Å². The first-order valence-corrected chi connectivity index (χ1v) is 9.29. The highest BCUT2D eigenvalue weighted by atomic mass is 32.2. The number of carbonyl (C=O) groups is 1. The Hall–Kier alpha value is -1.36. The normalized spacial score (nSPS) is 16.0. The fraction of sp³-hybridized carbons (Fsp3) is 0.562. The molecule has 21 heavy (non-hydrogen) atoms. The maximum Gasteiger partial charge on any atom is 0.235 e. The van der Waals surface area contributed by atoms with E-state index in [4.69, 9.17) is 0 Å². The van der Waals surface area contributed by atoms with Gasteiger partial charge in [0.1, 0.15) is 5.75 Å². The fourth-order valence-corrected chi connectivity index (χ4v) is 4.62. The van der Waals surface area contributed by atoms with Crippen molar-refractivity contribution in [2.45, 2.75) is 50.8 Å². The van der Waals surface area contributed by atoms with Crippen LogP contribution in [-0.4, -0.2) is 25.3 Å². The maximum absolute atomic E-state index is 12.1. The summed E-state index contributed by atoms with van der Waals surface area (Å²) in [5.74, 6) is -0.779. The highest BCUT2D eigenvalue weighted by Gasteiger charge is 2.30. The maximum atomic E-state index is 12.1. The van der Waals surface area contributed by atoms with Crippen LogP contribution in [0.3, 0.4) is 0 Å². The van der Waals surface area contributed by atoms with Gasteiger partial charge in [-0.1, -0.05) is 44.0 Å². The highest BCUT2D eigenvalue weighted by molar-refractivity contribution is 7.92. The van der Waals surface area contributed by atoms with Crippen LogP contribution in [0.4, 0.5) is 0 Å². The first kappa shape index (κ1) is 16.0. The number of hydrogen-bond acceptors (Lipinski definition) is 3. The van der Waals surface area contributed by atoms with E-state index in [1.165, 1.54) is 5.56 Å². The molecule has 1 fully saturated rings. The number of sulfone groups is 1. The molecule has 1 aromatic rings. The molecule has 0 saturated heterocycles. The van der Waals surface area contributed by atoms with Gasteiger partial charge in [-0.05, 0) is 30.4 Å². The molecule has 0 spiro atoms. The summed E-state index contributed by atoms with van der Waals surface area (Å²) in [7, 11) is -3.29. The monoisotopic (exact) mass is 309 g/mol. The highest BCUT2D eigenvalue weighted by Crippen LogP contribution is 2.25. The molecule has 1 aliphatic carbocycles. The Balaban J connectivity index is 1.90. The number of hydrogen-bond donors (Lipinski definition) is 1. The lowest BCUT2D eigenvalue weighted by Gasteiger charge is -2.12. The summed E-state index contributed by atoms with van der Waals surface area (Å²) in [6, 6.07) is 7.88. The van der Waals surface area contributed by atoms with Crippen LogP contribution >= 0.6 is 0 Å². The molecule has 0 radical (unpaired) electrons. The topological polar surface area (TPSA) is 63.2 Å². The van der Waals surface area contributed by atoms with Gasteiger partial charge in [0.05, 0.1) is 5.25 Å². The fourth-order valence-electron chi connectivity index (χ4n) is 2.87. The van der Waals surface area contributed by atoms with E-state index >= 15 is 0 Å². The molecule has 0 atom stereocenters. The third-order valence-electron chi connectivity index (χ3n) is 4.12. The number of nitrogens with one attached hydrogen (secondary N) is 1. The zero-order chi connectivity index (χ0) is 15.3. The van der Waals surface area contributed by atoms with E-state index < -0.39 is 15.7 Å². The first-order chi connectivity index (χ1) is 10.0. The van der Waals surface area contributed by atoms with Crippen LogP contribution in [0.25, 0.3) is 0 Å². The minimum absolute atomic E-state index is 0.314. The Morgan fingerprint density at radius 3 is 2.43 bits per heavy atom. The van der Waals surface area contributed by atoms with Gasteiger partial charge in [-0.2, -0.15) is 0 Å². The van der Waals surface area contributed by atoms with Crippen molar-refractivity contribution in [3.63, 3.8) is 0 Å². The second-order valence-corrected chi connectivity index (χ2v) is 7.89. The van der Waals surface area contributed by atoms with Gasteiger partial charge in [0.15, 0.2) is 9.84 Å². The third kappa shape index (κ3) is 4.30. The number of aryl methyl sites for hydroxylation is 1. The van der Waals surface area contributed by atoms with Crippen molar-refractivity contribution in [2.75, 3.05) is 5.75 Å². The average molecular weight is 309 g/mol. The molecule has 0 heterocycles. The summed E-state index contributed by atoms with van der Waals surface area (Å²) in [6.07, 6.45) is 4.21. The quantitative estimate of drug-likeness (QED) is 0.876. The zero-order valence-corrected chi connectivity index (χ0v) is 13.3. The molecule has 1 aromatic carbocycles. The van der Waals surface area contributed by atoms with Crippen molar-refractivity contribution in [1.82, 2.24) is 5.32 Å². The molecular formula is C16H23NO3S. The second kappa shape index (κ2) is 7.07. The van der Waals surface area contributed by atoms with Crippen LogP contribution in [0.15, 0.2) is 24.3 Å². The van der Waals surface area contributed by atoms with Crippen LogP contribution in [0.5, 0.6) is 0 Å². The lowest BCUT2D eigenvalue weighted by molar-refractivity contribution is -0.118. The molecule has 1 saturated carbocycles. The molecule has 1 aliphatic rings. The molecule has 4 nitrogen and oxygen atoms in total. The molecule has 2 rings (SSSR count). The predicted octanol–water partition coefficient (Wildman–Crippen LogP) is 2.22. The Morgan fingerprint density at radius 2 is 1.81 bits per heavy atom. The number of benzene rings is 1. The molecular weight excluding hydrogens is 286 g/mol. The van der Waals surface area contributed by atoms with Crippen LogP contribution in [0, 0.1) is 0 Å². The molecule has 1 N–H and O–H groups in total. The van der Waals surface area contributed by atoms with Crippen LogP contribution in [0.2, 0.25) is 0 Å². The summed E-state index contributed by atoms with van der Waals surface area (Å²) in [4.78, 5) is 11.9. The molecule has 5 heteroatoms. The van der Waals surface area contributed by atoms with Gasteiger partial charge in [-0.3, -0.25) is 4.79 Å². The van der Waals surface area contributed by atoms with Crippen molar-refractivity contribution in [1.29, 1.82) is 0 Å².